The van der Waals surface area contributed by atoms with Gasteiger partial charge in [0.1, 0.15) is 0 Å². The molecule has 1 aliphatic carbocycles. The Hall–Kier alpha value is -1.36. The summed E-state index contributed by atoms with van der Waals surface area (Å²) in [6.45, 7) is 1.09. The van der Waals surface area contributed by atoms with Crippen LogP contribution in [-0.4, -0.2) is 34.4 Å². The molecule has 1 amide bonds. The van der Waals surface area contributed by atoms with Crippen LogP contribution in [0.15, 0.2) is 12.4 Å². The van der Waals surface area contributed by atoms with Crippen molar-refractivity contribution in [1.29, 1.82) is 0 Å². The summed E-state index contributed by atoms with van der Waals surface area (Å²) in [5.74, 6) is 1.18. The predicted molar refractivity (Wildman–Crippen MR) is 72.5 cm³/mol. The highest BCUT2D eigenvalue weighted by molar-refractivity contribution is 5.76. The lowest BCUT2D eigenvalue weighted by Gasteiger charge is -2.27. The topological polar surface area (TPSA) is 78.0 Å². The van der Waals surface area contributed by atoms with Gasteiger partial charge >= 0.3 is 0 Å². The first-order valence-corrected chi connectivity index (χ1v) is 7.13. The number of carbonyl (C=O) groups is 1. The van der Waals surface area contributed by atoms with Crippen LogP contribution >= 0.6 is 0 Å². The zero-order valence-electron chi connectivity index (χ0n) is 11.3. The number of amides is 1. The molecule has 0 aliphatic heterocycles. The number of aliphatic hydroxyl groups is 1. The second kappa shape index (κ2) is 7.28. The Labute approximate surface area is 113 Å². The number of hydrogen-bond donors (Lipinski definition) is 3. The van der Waals surface area contributed by atoms with E-state index in [4.69, 9.17) is 5.11 Å². The van der Waals surface area contributed by atoms with Crippen molar-refractivity contribution in [3.05, 3.63) is 18.0 Å². The molecule has 0 bridgehead atoms. The van der Waals surface area contributed by atoms with Crippen LogP contribution in [0, 0.1) is 11.8 Å². The molecule has 0 aromatic carbocycles. The van der Waals surface area contributed by atoms with Crippen LogP contribution < -0.4 is 5.32 Å². The van der Waals surface area contributed by atoms with Crippen molar-refractivity contribution in [2.24, 2.45) is 11.8 Å². The average molecular weight is 265 g/mol. The number of aromatic amines is 1. The number of nitrogens with zero attached hydrogens (tertiary/aromatic N) is 1. The fourth-order valence-corrected chi connectivity index (χ4v) is 2.64. The van der Waals surface area contributed by atoms with Crippen molar-refractivity contribution in [3.8, 4) is 0 Å². The Bertz CT molecular complexity index is 370. The van der Waals surface area contributed by atoms with E-state index in [9.17, 15) is 4.79 Å². The van der Waals surface area contributed by atoms with E-state index in [1.165, 1.54) is 0 Å². The monoisotopic (exact) mass is 265 g/mol. The van der Waals surface area contributed by atoms with Crippen molar-refractivity contribution in [2.45, 2.75) is 38.5 Å². The molecule has 1 fully saturated rings. The van der Waals surface area contributed by atoms with Gasteiger partial charge in [-0.15, -0.1) is 0 Å². The molecule has 1 aromatic rings. The molecule has 106 valence electrons. The SMILES string of the molecule is O=C(CCc1cn[nH]c1)NCC1CCC(CO)CC1. The zero-order valence-corrected chi connectivity index (χ0v) is 11.3. The van der Waals surface area contributed by atoms with E-state index in [1.807, 2.05) is 6.20 Å². The van der Waals surface area contributed by atoms with Gasteiger partial charge in [-0.25, -0.2) is 0 Å². The number of nitrogens with one attached hydrogen (secondary N) is 2. The molecule has 0 atom stereocenters. The van der Waals surface area contributed by atoms with Crippen LogP contribution in [0.3, 0.4) is 0 Å². The molecule has 1 heterocycles. The van der Waals surface area contributed by atoms with Gasteiger partial charge in [-0.05, 0) is 49.5 Å². The molecular formula is C14H23N3O2. The van der Waals surface area contributed by atoms with Crippen LogP contribution in [0.25, 0.3) is 0 Å². The second-order valence-electron chi connectivity index (χ2n) is 5.48. The highest BCUT2D eigenvalue weighted by Crippen LogP contribution is 2.27. The molecule has 0 saturated heterocycles. The van der Waals surface area contributed by atoms with E-state index in [0.29, 0.717) is 24.9 Å². The van der Waals surface area contributed by atoms with Crippen molar-refractivity contribution < 1.29 is 9.90 Å². The lowest BCUT2D eigenvalue weighted by molar-refractivity contribution is -0.121. The zero-order chi connectivity index (χ0) is 13.5. The number of aliphatic hydroxyl groups excluding tert-OH is 1. The van der Waals surface area contributed by atoms with E-state index in [2.05, 4.69) is 15.5 Å². The largest absolute Gasteiger partial charge is 0.396 e. The molecule has 1 saturated carbocycles. The van der Waals surface area contributed by atoms with Gasteiger partial charge in [-0.3, -0.25) is 9.89 Å². The van der Waals surface area contributed by atoms with Crippen LogP contribution in [-0.2, 0) is 11.2 Å². The van der Waals surface area contributed by atoms with E-state index in [-0.39, 0.29) is 5.91 Å². The number of aromatic nitrogens is 2. The Morgan fingerprint density at radius 2 is 2.11 bits per heavy atom. The molecule has 5 heteroatoms. The molecule has 1 aliphatic rings. The Balaban J connectivity index is 1.59. The number of H-pyrrole nitrogens is 1. The minimum Gasteiger partial charge on any atom is -0.396 e. The minimum atomic E-state index is 0.116. The third-order valence-corrected chi connectivity index (χ3v) is 4.01. The molecule has 1 aromatic heterocycles. The lowest BCUT2D eigenvalue weighted by atomic mass is 9.82. The van der Waals surface area contributed by atoms with Gasteiger partial charge < -0.3 is 10.4 Å². The van der Waals surface area contributed by atoms with Gasteiger partial charge in [0.15, 0.2) is 0 Å². The van der Waals surface area contributed by atoms with E-state index >= 15 is 0 Å². The second-order valence-corrected chi connectivity index (χ2v) is 5.48. The average Bonchev–Trinajstić information content (AvgIpc) is 2.96. The summed E-state index contributed by atoms with van der Waals surface area (Å²) < 4.78 is 0. The first-order chi connectivity index (χ1) is 9.28. The van der Waals surface area contributed by atoms with E-state index in [0.717, 1.165) is 44.2 Å². The Morgan fingerprint density at radius 3 is 2.74 bits per heavy atom. The molecule has 5 nitrogen and oxygen atoms in total. The van der Waals surface area contributed by atoms with Crippen molar-refractivity contribution in [2.75, 3.05) is 13.2 Å². The van der Waals surface area contributed by atoms with Crippen molar-refractivity contribution in [1.82, 2.24) is 15.5 Å². The highest BCUT2D eigenvalue weighted by atomic mass is 16.3. The summed E-state index contributed by atoms with van der Waals surface area (Å²) in [7, 11) is 0. The highest BCUT2D eigenvalue weighted by Gasteiger charge is 2.20. The van der Waals surface area contributed by atoms with Gasteiger partial charge in [-0.1, -0.05) is 0 Å². The maximum Gasteiger partial charge on any atom is 0.220 e. The summed E-state index contributed by atoms with van der Waals surface area (Å²) in [5, 5.41) is 18.7. The Morgan fingerprint density at radius 1 is 1.37 bits per heavy atom. The standard InChI is InChI=1S/C14H23N3O2/c18-10-12-3-1-11(2-4-12)7-15-14(19)6-5-13-8-16-17-9-13/h8-9,11-12,18H,1-7,10H2,(H,15,19)(H,16,17). The summed E-state index contributed by atoms with van der Waals surface area (Å²) in [4.78, 5) is 11.7. The van der Waals surface area contributed by atoms with Gasteiger partial charge in [0, 0.05) is 25.8 Å². The van der Waals surface area contributed by atoms with Gasteiger partial charge in [0.05, 0.1) is 6.20 Å². The van der Waals surface area contributed by atoms with Crippen LogP contribution in [0.1, 0.15) is 37.7 Å². The molecule has 2 rings (SSSR count). The first kappa shape index (κ1) is 14.1. The number of aryl methyl sites for hydroxylation is 1. The normalized spacial score (nSPS) is 23.2. The Kier molecular flexibility index (Phi) is 5.39. The number of hydrogen-bond acceptors (Lipinski definition) is 3. The summed E-state index contributed by atoms with van der Waals surface area (Å²) >= 11 is 0. The van der Waals surface area contributed by atoms with E-state index in [1.54, 1.807) is 6.20 Å². The van der Waals surface area contributed by atoms with Crippen molar-refractivity contribution >= 4 is 5.91 Å². The molecule has 0 radical (unpaired) electrons. The van der Waals surface area contributed by atoms with Crippen LogP contribution in [0.4, 0.5) is 0 Å². The molecule has 0 spiro atoms. The van der Waals surface area contributed by atoms with Crippen LogP contribution in [0.5, 0.6) is 0 Å². The quantitative estimate of drug-likeness (QED) is 0.724. The number of carbonyl (C=O) groups excluding carboxylic acids is 1. The maximum absolute atomic E-state index is 11.7. The predicted octanol–water partition coefficient (Wildman–Crippen LogP) is 1.26. The third kappa shape index (κ3) is 4.67. The molecule has 3 N–H and O–H groups in total. The van der Waals surface area contributed by atoms with Crippen molar-refractivity contribution in [3.63, 3.8) is 0 Å². The fourth-order valence-electron chi connectivity index (χ4n) is 2.64. The summed E-state index contributed by atoms with van der Waals surface area (Å²) in [6.07, 6.45) is 9.25. The van der Waals surface area contributed by atoms with Crippen LogP contribution in [0.2, 0.25) is 0 Å². The first-order valence-electron chi connectivity index (χ1n) is 7.13. The summed E-state index contributed by atoms with van der Waals surface area (Å²) in [6, 6.07) is 0. The summed E-state index contributed by atoms with van der Waals surface area (Å²) in [5.41, 5.74) is 1.07. The van der Waals surface area contributed by atoms with E-state index < -0.39 is 0 Å². The maximum atomic E-state index is 11.7. The third-order valence-electron chi connectivity index (χ3n) is 4.01. The molecule has 19 heavy (non-hydrogen) atoms. The molecule has 0 unspecified atom stereocenters. The minimum absolute atomic E-state index is 0.116. The van der Waals surface area contributed by atoms with Gasteiger partial charge in [-0.2, -0.15) is 5.10 Å². The lowest BCUT2D eigenvalue weighted by Crippen LogP contribution is -2.31. The molecular weight excluding hydrogens is 242 g/mol. The fraction of sp³-hybridized carbons (Fsp3) is 0.714. The van der Waals surface area contributed by atoms with Gasteiger partial charge in [0.25, 0.3) is 0 Å². The van der Waals surface area contributed by atoms with Gasteiger partial charge in [0.2, 0.25) is 5.91 Å². The smallest absolute Gasteiger partial charge is 0.220 e. The number of rotatable bonds is 6.